The molecule has 180 valence electrons. The van der Waals surface area contributed by atoms with Crippen LogP contribution < -0.4 is 11.3 Å². The van der Waals surface area contributed by atoms with E-state index in [-0.39, 0.29) is 50.1 Å². The van der Waals surface area contributed by atoms with Gasteiger partial charge in [-0.25, -0.2) is 4.98 Å². The predicted molar refractivity (Wildman–Crippen MR) is 122 cm³/mol. The van der Waals surface area contributed by atoms with E-state index in [1.54, 1.807) is 4.57 Å². The Morgan fingerprint density at radius 3 is 2.74 bits per heavy atom. The monoisotopic (exact) mass is 489 g/mol. The Morgan fingerprint density at radius 1 is 1.24 bits per heavy atom. The van der Waals surface area contributed by atoms with Crippen molar-refractivity contribution in [2.75, 3.05) is 25.3 Å². The van der Waals surface area contributed by atoms with Gasteiger partial charge >= 0.3 is 7.60 Å². The fraction of sp³-hybridized carbons (Fsp3) is 0.286. The maximum absolute atomic E-state index is 13.3. The van der Waals surface area contributed by atoms with E-state index in [9.17, 15) is 9.36 Å². The van der Waals surface area contributed by atoms with E-state index < -0.39 is 13.2 Å². The van der Waals surface area contributed by atoms with E-state index in [0.717, 1.165) is 11.1 Å². The molecule has 0 saturated heterocycles. The van der Waals surface area contributed by atoms with Gasteiger partial charge in [0.15, 0.2) is 16.9 Å². The number of imidazole rings is 1. The van der Waals surface area contributed by atoms with Gasteiger partial charge < -0.3 is 29.0 Å². The zero-order valence-electron chi connectivity index (χ0n) is 18.4. The molecule has 1 aliphatic rings. The molecule has 0 amide bonds. The van der Waals surface area contributed by atoms with Gasteiger partial charge in [0.25, 0.3) is 11.5 Å². The molecular formula is C21H24N5O7P. The van der Waals surface area contributed by atoms with Crippen LogP contribution in [0.2, 0.25) is 0 Å². The number of aromatic nitrogens is 4. The van der Waals surface area contributed by atoms with Crippen molar-refractivity contribution in [1.29, 1.82) is 0 Å². The average Bonchev–Trinajstić information content (AvgIpc) is 3.41. The summed E-state index contributed by atoms with van der Waals surface area (Å²) in [6, 6.07) is 7.63. The quantitative estimate of drug-likeness (QED) is 0.304. The number of aromatic amines is 1. The number of nitrogen functional groups attached to an aromatic ring is 1. The molecule has 0 aliphatic carbocycles. The first-order valence-electron chi connectivity index (χ1n) is 10.3. The Balaban J connectivity index is 1.37. The van der Waals surface area contributed by atoms with Crippen LogP contribution in [0.1, 0.15) is 11.1 Å². The van der Waals surface area contributed by atoms with Gasteiger partial charge in [-0.3, -0.25) is 18.9 Å². The molecule has 0 radical (unpaired) electrons. The molecule has 1 unspecified atom stereocenters. The second kappa shape index (κ2) is 10.2. The number of hydrogen-bond acceptors (Lipinski definition) is 10. The number of nitrogens with two attached hydrogens (primary N) is 1. The Hall–Kier alpha value is -3.44. The zero-order chi connectivity index (χ0) is 24.1. The van der Waals surface area contributed by atoms with Gasteiger partial charge in [-0.2, -0.15) is 4.98 Å². The van der Waals surface area contributed by atoms with Gasteiger partial charge in [0.2, 0.25) is 5.95 Å². The molecule has 34 heavy (non-hydrogen) atoms. The molecule has 3 N–H and O–H groups in total. The van der Waals surface area contributed by atoms with Crippen molar-refractivity contribution < 1.29 is 27.8 Å². The van der Waals surface area contributed by atoms with Crippen LogP contribution in [0.15, 0.2) is 59.9 Å². The van der Waals surface area contributed by atoms with Crippen molar-refractivity contribution in [3.8, 4) is 0 Å². The lowest BCUT2D eigenvalue weighted by Crippen LogP contribution is -2.13. The van der Waals surface area contributed by atoms with Crippen molar-refractivity contribution >= 4 is 24.7 Å². The minimum atomic E-state index is -3.68. The summed E-state index contributed by atoms with van der Waals surface area (Å²) >= 11 is 0. The lowest BCUT2D eigenvalue weighted by atomic mass is 10.2. The van der Waals surface area contributed by atoms with Crippen LogP contribution in [0.25, 0.3) is 11.2 Å². The Morgan fingerprint density at radius 2 is 2.00 bits per heavy atom. The maximum Gasteiger partial charge on any atom is 0.356 e. The van der Waals surface area contributed by atoms with E-state index in [1.807, 2.05) is 31.2 Å². The molecule has 3 heterocycles. The van der Waals surface area contributed by atoms with Crippen LogP contribution in [0, 0.1) is 6.92 Å². The molecule has 1 atom stereocenters. The van der Waals surface area contributed by atoms with Gasteiger partial charge in [0.1, 0.15) is 19.2 Å². The van der Waals surface area contributed by atoms with Gasteiger partial charge in [-0.05, 0) is 19.1 Å². The van der Waals surface area contributed by atoms with Crippen LogP contribution in [0.3, 0.4) is 0 Å². The molecular weight excluding hydrogens is 465 g/mol. The molecule has 1 aromatic carbocycles. The highest BCUT2D eigenvalue weighted by Gasteiger charge is 2.27. The van der Waals surface area contributed by atoms with Crippen molar-refractivity contribution in [2.45, 2.75) is 20.1 Å². The fourth-order valence-electron chi connectivity index (χ4n) is 2.99. The third-order valence-electron chi connectivity index (χ3n) is 4.74. The number of anilines is 1. The molecule has 4 rings (SSSR count). The third-order valence-corrected chi connectivity index (χ3v) is 6.28. The van der Waals surface area contributed by atoms with E-state index in [2.05, 4.69) is 21.5 Å². The first kappa shape index (κ1) is 23.7. The molecule has 1 aliphatic heterocycles. The molecule has 0 spiro atoms. The van der Waals surface area contributed by atoms with E-state index >= 15 is 0 Å². The number of fused-ring (bicyclic) bond motifs is 1. The minimum Gasteiger partial charge on any atom is -0.431 e. The first-order valence-corrected chi connectivity index (χ1v) is 12.0. The van der Waals surface area contributed by atoms with Gasteiger partial charge in [-0.15, -0.1) is 0 Å². The third kappa shape index (κ3) is 5.91. The van der Waals surface area contributed by atoms with Crippen molar-refractivity contribution in [1.82, 2.24) is 19.5 Å². The molecule has 3 aromatic rings. The van der Waals surface area contributed by atoms with Crippen LogP contribution in [-0.4, -0.2) is 39.1 Å². The molecule has 2 aromatic heterocycles. The number of hydrogen-bond donors (Lipinski definition) is 2. The molecule has 0 bridgehead atoms. The number of nitrogens with zero attached hydrogens (tertiary/aromatic N) is 3. The summed E-state index contributed by atoms with van der Waals surface area (Å²) in [6.45, 7) is 5.84. The standard InChI is InChI=1S/C21H24N5O7P/c1-14-3-5-16(6-4-14)9-31-34(28,32-11-17-10-30-15(2)33-17)13-29-8-7-26-12-23-18-19(26)24-21(22)25-20(18)27/h3-6,10,12H,2,7-9,11,13H2,1H3,(H3,22,24,25,27). The molecule has 12 nitrogen and oxygen atoms in total. The number of rotatable bonds is 11. The Kier molecular flexibility index (Phi) is 7.13. The topological polar surface area (TPSA) is 153 Å². The van der Waals surface area contributed by atoms with Gasteiger partial charge in [-0.1, -0.05) is 29.8 Å². The first-order chi connectivity index (χ1) is 16.3. The van der Waals surface area contributed by atoms with E-state index in [4.69, 9.17) is 29.0 Å². The highest BCUT2D eigenvalue weighted by Crippen LogP contribution is 2.49. The SMILES string of the molecule is C=C1OC=C(COP(=O)(COCCn2cnc3c(=O)[nH]c(N)nc32)OCc2ccc(C)cc2)O1. The Bertz CT molecular complexity index is 1320. The van der Waals surface area contributed by atoms with E-state index in [1.165, 1.54) is 12.6 Å². The summed E-state index contributed by atoms with van der Waals surface area (Å²) in [5.74, 6) is 0.395. The number of H-pyrrole nitrogens is 1. The minimum absolute atomic E-state index is 0.0160. The summed E-state index contributed by atoms with van der Waals surface area (Å²) in [5.41, 5.74) is 7.60. The fourth-order valence-corrected chi connectivity index (χ4v) is 4.24. The summed E-state index contributed by atoms with van der Waals surface area (Å²) in [6.07, 6.45) is 2.46. The number of ether oxygens (including phenoxy) is 3. The highest BCUT2D eigenvalue weighted by atomic mass is 31.2. The van der Waals surface area contributed by atoms with Crippen molar-refractivity contribution in [2.24, 2.45) is 0 Å². The van der Waals surface area contributed by atoms with Crippen molar-refractivity contribution in [3.63, 3.8) is 0 Å². The smallest absolute Gasteiger partial charge is 0.356 e. The molecule has 0 fully saturated rings. The Labute approximate surface area is 194 Å². The normalized spacial score (nSPS) is 15.1. The largest absolute Gasteiger partial charge is 0.431 e. The van der Waals surface area contributed by atoms with Gasteiger partial charge in [0.05, 0.1) is 19.5 Å². The summed E-state index contributed by atoms with van der Waals surface area (Å²) < 4.78 is 42.0. The molecule has 0 saturated carbocycles. The van der Waals surface area contributed by atoms with E-state index in [0.29, 0.717) is 11.4 Å². The number of benzene rings is 1. The van der Waals surface area contributed by atoms with Gasteiger partial charge in [0, 0.05) is 6.54 Å². The lowest BCUT2D eigenvalue weighted by molar-refractivity contribution is 0.114. The maximum atomic E-state index is 13.3. The second-order valence-corrected chi connectivity index (χ2v) is 9.41. The van der Waals surface area contributed by atoms with Crippen LogP contribution in [-0.2, 0) is 41.0 Å². The second-order valence-electron chi connectivity index (χ2n) is 7.42. The lowest BCUT2D eigenvalue weighted by Gasteiger charge is -2.19. The van der Waals surface area contributed by atoms with Crippen LogP contribution in [0.5, 0.6) is 0 Å². The predicted octanol–water partition coefficient (Wildman–Crippen LogP) is 2.77. The summed E-state index contributed by atoms with van der Waals surface area (Å²) in [4.78, 5) is 22.4. The summed E-state index contributed by atoms with van der Waals surface area (Å²) in [7, 11) is -3.68. The van der Waals surface area contributed by atoms with Crippen LogP contribution in [0.4, 0.5) is 5.95 Å². The number of nitrogens with one attached hydrogen (secondary N) is 1. The highest BCUT2D eigenvalue weighted by molar-refractivity contribution is 7.53. The zero-order valence-corrected chi connectivity index (χ0v) is 19.3. The summed E-state index contributed by atoms with van der Waals surface area (Å²) in [5, 5.41) is 0. The number of aryl methyl sites for hydroxylation is 1. The van der Waals surface area contributed by atoms with Crippen LogP contribution >= 0.6 is 7.60 Å². The molecule has 13 heteroatoms. The average molecular weight is 489 g/mol. The van der Waals surface area contributed by atoms with Crippen molar-refractivity contribution in [3.05, 3.63) is 76.6 Å².